The quantitative estimate of drug-likeness (QED) is 0.536. The molecule has 1 aromatic heterocycles. The number of aromatic nitrogens is 1. The zero-order valence-corrected chi connectivity index (χ0v) is 8.69. The Hall–Kier alpha value is -1.64. The first-order valence-electron chi connectivity index (χ1n) is 4.42. The topological polar surface area (TPSA) is 33.2 Å². The Labute approximate surface area is 84.1 Å². The molecule has 0 fully saturated rings. The summed E-state index contributed by atoms with van der Waals surface area (Å²) in [6, 6.07) is 3.55. The van der Waals surface area contributed by atoms with Crippen molar-refractivity contribution in [3.8, 4) is 0 Å². The highest BCUT2D eigenvalue weighted by atomic mass is 16.1. The standard InChI is InChI=1S/C11H14N2O/c1-9-10(5-4-7-12-9)11(14)6-8-13(2)3/h4-8H,1-3H3/b8-6+. The molecule has 0 bridgehead atoms. The van der Waals surface area contributed by atoms with Crippen LogP contribution in [0.25, 0.3) is 0 Å². The molecule has 0 radical (unpaired) electrons. The Morgan fingerprint density at radius 1 is 1.50 bits per heavy atom. The number of rotatable bonds is 3. The smallest absolute Gasteiger partial charge is 0.189 e. The second kappa shape index (κ2) is 4.56. The van der Waals surface area contributed by atoms with Gasteiger partial charge in [-0.1, -0.05) is 0 Å². The normalized spacial score (nSPS) is 10.5. The predicted molar refractivity (Wildman–Crippen MR) is 56.1 cm³/mol. The Morgan fingerprint density at radius 3 is 2.79 bits per heavy atom. The molecule has 0 aliphatic heterocycles. The molecule has 1 rings (SSSR count). The van der Waals surface area contributed by atoms with Crippen molar-refractivity contribution >= 4 is 5.78 Å². The van der Waals surface area contributed by atoms with Gasteiger partial charge in [0.05, 0.1) is 0 Å². The number of pyridine rings is 1. The molecule has 3 heteroatoms. The van der Waals surface area contributed by atoms with E-state index in [9.17, 15) is 4.79 Å². The third kappa shape index (κ3) is 2.69. The van der Waals surface area contributed by atoms with Crippen LogP contribution in [0.1, 0.15) is 16.1 Å². The Kier molecular flexibility index (Phi) is 3.40. The molecule has 0 N–H and O–H groups in total. The molecule has 0 spiro atoms. The van der Waals surface area contributed by atoms with E-state index in [1.54, 1.807) is 30.6 Å². The largest absolute Gasteiger partial charge is 0.383 e. The molecule has 74 valence electrons. The fourth-order valence-electron chi connectivity index (χ4n) is 1.05. The predicted octanol–water partition coefficient (Wildman–Crippen LogP) is 1.65. The van der Waals surface area contributed by atoms with Gasteiger partial charge in [-0.3, -0.25) is 9.78 Å². The average Bonchev–Trinajstić information content (AvgIpc) is 2.15. The number of hydrogen-bond donors (Lipinski definition) is 0. The van der Waals surface area contributed by atoms with E-state index in [0.717, 1.165) is 5.69 Å². The van der Waals surface area contributed by atoms with Crippen molar-refractivity contribution in [2.24, 2.45) is 0 Å². The van der Waals surface area contributed by atoms with Crippen molar-refractivity contribution in [1.82, 2.24) is 9.88 Å². The van der Waals surface area contributed by atoms with Gasteiger partial charge in [0.2, 0.25) is 0 Å². The highest BCUT2D eigenvalue weighted by Crippen LogP contribution is 2.05. The molecule has 3 nitrogen and oxygen atoms in total. The van der Waals surface area contributed by atoms with Gasteiger partial charge < -0.3 is 4.90 Å². The number of hydrogen-bond acceptors (Lipinski definition) is 3. The second-order valence-corrected chi connectivity index (χ2v) is 3.28. The van der Waals surface area contributed by atoms with Crippen LogP contribution in [0.5, 0.6) is 0 Å². The molecule has 0 amide bonds. The number of carbonyl (C=O) groups excluding carboxylic acids is 1. The maximum atomic E-state index is 11.6. The first-order chi connectivity index (χ1) is 6.61. The lowest BCUT2D eigenvalue weighted by Crippen LogP contribution is -2.04. The molecular formula is C11H14N2O. The first-order valence-corrected chi connectivity index (χ1v) is 4.42. The highest BCUT2D eigenvalue weighted by molar-refractivity contribution is 6.05. The zero-order chi connectivity index (χ0) is 10.6. The van der Waals surface area contributed by atoms with E-state index in [1.807, 2.05) is 25.9 Å². The van der Waals surface area contributed by atoms with Crippen LogP contribution in [0.15, 0.2) is 30.6 Å². The van der Waals surface area contributed by atoms with Gasteiger partial charge in [0.1, 0.15) is 0 Å². The van der Waals surface area contributed by atoms with Crippen molar-refractivity contribution in [3.05, 3.63) is 41.9 Å². The third-order valence-electron chi connectivity index (χ3n) is 1.80. The average molecular weight is 190 g/mol. The third-order valence-corrected chi connectivity index (χ3v) is 1.80. The van der Waals surface area contributed by atoms with Crippen LogP contribution in [-0.2, 0) is 0 Å². The fourth-order valence-corrected chi connectivity index (χ4v) is 1.05. The van der Waals surface area contributed by atoms with Crippen molar-refractivity contribution in [1.29, 1.82) is 0 Å². The van der Waals surface area contributed by atoms with E-state index < -0.39 is 0 Å². The molecule has 1 heterocycles. The monoisotopic (exact) mass is 190 g/mol. The van der Waals surface area contributed by atoms with Crippen molar-refractivity contribution in [3.63, 3.8) is 0 Å². The van der Waals surface area contributed by atoms with Gasteiger partial charge in [-0.05, 0) is 19.1 Å². The summed E-state index contributed by atoms with van der Waals surface area (Å²) in [5.74, 6) is -0.00991. The summed E-state index contributed by atoms with van der Waals surface area (Å²) in [6.07, 6.45) is 4.96. The summed E-state index contributed by atoms with van der Waals surface area (Å²) in [7, 11) is 3.75. The molecule has 1 aromatic rings. The molecule has 0 saturated heterocycles. The summed E-state index contributed by atoms with van der Waals surface area (Å²) in [5, 5.41) is 0. The molecule has 0 aromatic carbocycles. The Balaban J connectivity index is 2.85. The molecule has 0 saturated carbocycles. The van der Waals surface area contributed by atoms with Crippen LogP contribution in [0.3, 0.4) is 0 Å². The van der Waals surface area contributed by atoms with E-state index in [4.69, 9.17) is 0 Å². The van der Waals surface area contributed by atoms with Crippen molar-refractivity contribution in [2.45, 2.75) is 6.92 Å². The van der Waals surface area contributed by atoms with Crippen molar-refractivity contribution in [2.75, 3.05) is 14.1 Å². The van der Waals surface area contributed by atoms with Crippen LogP contribution in [-0.4, -0.2) is 29.8 Å². The summed E-state index contributed by atoms with van der Waals surface area (Å²) in [4.78, 5) is 17.5. The lowest BCUT2D eigenvalue weighted by molar-refractivity contribution is 0.104. The Morgan fingerprint density at radius 2 is 2.21 bits per heavy atom. The van der Waals surface area contributed by atoms with Crippen LogP contribution >= 0.6 is 0 Å². The first kappa shape index (κ1) is 10.4. The number of carbonyl (C=O) groups is 1. The van der Waals surface area contributed by atoms with Gasteiger partial charge >= 0.3 is 0 Å². The molecule has 0 aliphatic carbocycles. The van der Waals surface area contributed by atoms with Gasteiger partial charge in [-0.2, -0.15) is 0 Å². The summed E-state index contributed by atoms with van der Waals surface area (Å²) >= 11 is 0. The van der Waals surface area contributed by atoms with Crippen LogP contribution in [0.4, 0.5) is 0 Å². The molecule has 0 atom stereocenters. The van der Waals surface area contributed by atoms with Crippen LogP contribution in [0.2, 0.25) is 0 Å². The lowest BCUT2D eigenvalue weighted by Gasteiger charge is -2.03. The molecule has 0 aliphatic rings. The number of aryl methyl sites for hydroxylation is 1. The highest BCUT2D eigenvalue weighted by Gasteiger charge is 2.04. The maximum absolute atomic E-state index is 11.6. The number of allylic oxidation sites excluding steroid dienone is 1. The van der Waals surface area contributed by atoms with Gasteiger partial charge in [0.15, 0.2) is 5.78 Å². The van der Waals surface area contributed by atoms with E-state index in [-0.39, 0.29) is 5.78 Å². The van der Waals surface area contributed by atoms with Crippen LogP contribution in [0, 0.1) is 6.92 Å². The van der Waals surface area contributed by atoms with E-state index in [2.05, 4.69) is 4.98 Å². The van der Waals surface area contributed by atoms with Gasteiger partial charge in [-0.15, -0.1) is 0 Å². The summed E-state index contributed by atoms with van der Waals surface area (Å²) < 4.78 is 0. The Bertz CT molecular complexity index is 356. The van der Waals surface area contributed by atoms with Crippen molar-refractivity contribution < 1.29 is 4.79 Å². The molecular weight excluding hydrogens is 176 g/mol. The van der Waals surface area contributed by atoms with Gasteiger partial charge in [0, 0.05) is 43.8 Å². The maximum Gasteiger partial charge on any atom is 0.189 e. The minimum Gasteiger partial charge on any atom is -0.383 e. The number of ketones is 1. The minimum absolute atomic E-state index is 0.00991. The lowest BCUT2D eigenvalue weighted by atomic mass is 10.1. The van der Waals surface area contributed by atoms with E-state index in [0.29, 0.717) is 5.56 Å². The van der Waals surface area contributed by atoms with E-state index in [1.165, 1.54) is 0 Å². The summed E-state index contributed by atoms with van der Waals surface area (Å²) in [5.41, 5.74) is 1.42. The number of nitrogens with zero attached hydrogens (tertiary/aromatic N) is 2. The SMILES string of the molecule is Cc1ncccc1C(=O)/C=C/N(C)C. The van der Waals surface area contributed by atoms with Gasteiger partial charge in [0.25, 0.3) is 0 Å². The van der Waals surface area contributed by atoms with E-state index >= 15 is 0 Å². The zero-order valence-electron chi connectivity index (χ0n) is 8.69. The molecule has 14 heavy (non-hydrogen) atoms. The fraction of sp³-hybridized carbons (Fsp3) is 0.273. The minimum atomic E-state index is -0.00991. The second-order valence-electron chi connectivity index (χ2n) is 3.28. The molecule has 0 unspecified atom stereocenters. The van der Waals surface area contributed by atoms with Crippen LogP contribution < -0.4 is 0 Å². The van der Waals surface area contributed by atoms with Gasteiger partial charge in [-0.25, -0.2) is 0 Å². The summed E-state index contributed by atoms with van der Waals surface area (Å²) in [6.45, 7) is 1.83.